The Labute approximate surface area is 171 Å². The average molecular weight is 406 g/mol. The van der Waals surface area contributed by atoms with Crippen LogP contribution in [0.5, 0.6) is 17.2 Å². The smallest absolute Gasteiger partial charge is 0.228 e. The fraction of sp³-hybridized carbons (Fsp3) is 0.0909. The number of phenolic OH excluding ortho intramolecular Hbond substituents is 2. The number of phenols is 2. The molecule has 0 aliphatic rings. The van der Waals surface area contributed by atoms with Crippen LogP contribution in [0.3, 0.4) is 0 Å². The van der Waals surface area contributed by atoms with E-state index in [2.05, 4.69) is 20.5 Å². The minimum Gasteiger partial charge on any atom is -0.508 e. The summed E-state index contributed by atoms with van der Waals surface area (Å²) in [6.07, 6.45) is 0. The molecule has 0 aliphatic heterocycles. The van der Waals surface area contributed by atoms with Crippen LogP contribution in [0.25, 0.3) is 22.8 Å². The maximum Gasteiger partial charge on any atom is 0.228 e. The van der Waals surface area contributed by atoms with Crippen molar-refractivity contribution in [2.75, 3.05) is 12.2 Å². The van der Waals surface area contributed by atoms with Crippen molar-refractivity contribution < 1.29 is 19.3 Å². The number of H-pyrrole nitrogens is 1. The summed E-state index contributed by atoms with van der Waals surface area (Å²) in [5.74, 6) is 1.42. The molecule has 0 radical (unpaired) electrons. The molecule has 8 heteroatoms. The molecule has 152 valence electrons. The topological polar surface area (TPSA) is 103 Å². The zero-order valence-electron chi connectivity index (χ0n) is 15.8. The first-order chi connectivity index (χ1) is 14.6. The Morgan fingerprint density at radius 1 is 0.967 bits per heavy atom. The number of ether oxygens (including phenoxy) is 1. The maximum absolute atomic E-state index is 12.4. The standard InChI is InChI=1S/C22H19FN4O3/c23-13-30-18-5-3-4-15(10-18)21-25-22(27-26-21)19-6-1-2-7-20(19)24-12-14-8-16(28)11-17(29)9-14/h1-11,24,28-29H,12-13H2,(H,25,26,27). The highest BCUT2D eigenvalue weighted by molar-refractivity contribution is 5.74. The molecule has 0 saturated heterocycles. The lowest BCUT2D eigenvalue weighted by Crippen LogP contribution is -2.01. The summed E-state index contributed by atoms with van der Waals surface area (Å²) in [5, 5.41) is 29.8. The Balaban J connectivity index is 1.57. The lowest BCUT2D eigenvalue weighted by atomic mass is 10.1. The second-order valence-corrected chi connectivity index (χ2v) is 6.55. The highest BCUT2D eigenvalue weighted by Crippen LogP contribution is 2.29. The third-order valence-electron chi connectivity index (χ3n) is 4.43. The van der Waals surface area contributed by atoms with Crippen molar-refractivity contribution in [1.29, 1.82) is 0 Å². The number of para-hydroxylation sites is 1. The van der Waals surface area contributed by atoms with Crippen LogP contribution in [0.15, 0.2) is 66.7 Å². The molecular formula is C22H19FN4O3. The number of alkyl halides is 1. The molecule has 0 amide bonds. The van der Waals surface area contributed by atoms with Crippen LogP contribution in [0.2, 0.25) is 0 Å². The van der Waals surface area contributed by atoms with Crippen molar-refractivity contribution in [1.82, 2.24) is 15.2 Å². The van der Waals surface area contributed by atoms with Crippen LogP contribution < -0.4 is 10.1 Å². The minimum absolute atomic E-state index is 0.000989. The van der Waals surface area contributed by atoms with E-state index in [0.29, 0.717) is 29.5 Å². The number of benzene rings is 3. The molecule has 30 heavy (non-hydrogen) atoms. The third kappa shape index (κ3) is 4.33. The van der Waals surface area contributed by atoms with Gasteiger partial charge in [-0.05, 0) is 42.0 Å². The third-order valence-corrected chi connectivity index (χ3v) is 4.43. The van der Waals surface area contributed by atoms with E-state index in [0.717, 1.165) is 16.8 Å². The first-order valence-electron chi connectivity index (χ1n) is 9.19. The number of halogens is 1. The predicted octanol–water partition coefficient (Wildman–Crippen LogP) is 4.47. The quantitative estimate of drug-likeness (QED) is 0.361. The monoisotopic (exact) mass is 406 g/mol. The molecule has 1 aromatic heterocycles. The zero-order chi connectivity index (χ0) is 20.9. The van der Waals surface area contributed by atoms with Crippen LogP contribution in [0.4, 0.5) is 10.1 Å². The van der Waals surface area contributed by atoms with E-state index < -0.39 is 6.86 Å². The molecule has 4 aromatic rings. The van der Waals surface area contributed by atoms with Crippen molar-refractivity contribution in [2.45, 2.75) is 6.54 Å². The van der Waals surface area contributed by atoms with E-state index in [-0.39, 0.29) is 11.5 Å². The number of aromatic nitrogens is 3. The van der Waals surface area contributed by atoms with Crippen LogP contribution in [0, 0.1) is 0 Å². The van der Waals surface area contributed by atoms with Crippen LogP contribution in [-0.2, 0) is 6.54 Å². The number of aromatic hydroxyl groups is 2. The first kappa shape index (κ1) is 19.3. The molecule has 0 bridgehead atoms. The highest BCUT2D eigenvalue weighted by Gasteiger charge is 2.12. The van der Waals surface area contributed by atoms with Crippen molar-refractivity contribution in [3.05, 3.63) is 72.3 Å². The van der Waals surface area contributed by atoms with Gasteiger partial charge in [-0.2, -0.15) is 5.10 Å². The molecule has 0 saturated carbocycles. The number of hydrogen-bond donors (Lipinski definition) is 4. The zero-order valence-corrected chi connectivity index (χ0v) is 15.8. The van der Waals surface area contributed by atoms with Crippen molar-refractivity contribution in [3.63, 3.8) is 0 Å². The van der Waals surface area contributed by atoms with Gasteiger partial charge in [-0.25, -0.2) is 9.37 Å². The van der Waals surface area contributed by atoms with Gasteiger partial charge in [-0.1, -0.05) is 24.3 Å². The lowest BCUT2D eigenvalue weighted by Gasteiger charge is -2.11. The summed E-state index contributed by atoms with van der Waals surface area (Å²) in [7, 11) is 0. The van der Waals surface area contributed by atoms with Gasteiger partial charge in [-0.15, -0.1) is 0 Å². The summed E-state index contributed by atoms with van der Waals surface area (Å²) in [4.78, 5) is 4.56. The maximum atomic E-state index is 12.4. The molecule has 3 aromatic carbocycles. The summed E-state index contributed by atoms with van der Waals surface area (Å²) >= 11 is 0. The second-order valence-electron chi connectivity index (χ2n) is 6.55. The number of nitrogens with zero attached hydrogens (tertiary/aromatic N) is 2. The van der Waals surface area contributed by atoms with Crippen LogP contribution >= 0.6 is 0 Å². The van der Waals surface area contributed by atoms with Crippen molar-refractivity contribution in [2.24, 2.45) is 0 Å². The molecular weight excluding hydrogens is 387 g/mol. The highest BCUT2D eigenvalue weighted by atomic mass is 19.1. The molecule has 4 N–H and O–H groups in total. The Morgan fingerprint density at radius 3 is 2.57 bits per heavy atom. The molecule has 7 nitrogen and oxygen atoms in total. The molecule has 0 unspecified atom stereocenters. The van der Waals surface area contributed by atoms with Gasteiger partial charge >= 0.3 is 0 Å². The summed E-state index contributed by atoms with van der Waals surface area (Å²) in [5.41, 5.74) is 3.03. The molecule has 0 fully saturated rings. The molecule has 0 spiro atoms. The lowest BCUT2D eigenvalue weighted by molar-refractivity contribution is 0.192. The second kappa shape index (κ2) is 8.52. The summed E-state index contributed by atoms with van der Waals surface area (Å²) in [6, 6.07) is 18.9. The van der Waals surface area contributed by atoms with Gasteiger partial charge in [-0.3, -0.25) is 5.10 Å². The molecule has 0 aliphatic carbocycles. The molecule has 4 rings (SSSR count). The van der Waals surface area contributed by atoms with Gasteiger partial charge in [0.15, 0.2) is 11.6 Å². The van der Waals surface area contributed by atoms with E-state index in [1.807, 2.05) is 30.3 Å². The molecule has 1 heterocycles. The Kier molecular flexibility index (Phi) is 5.47. The normalized spacial score (nSPS) is 10.7. The number of rotatable bonds is 7. The van der Waals surface area contributed by atoms with Gasteiger partial charge in [0.05, 0.1) is 0 Å². The fourth-order valence-corrected chi connectivity index (χ4v) is 3.10. The Morgan fingerprint density at radius 2 is 1.77 bits per heavy atom. The van der Waals surface area contributed by atoms with E-state index in [1.54, 1.807) is 30.3 Å². The van der Waals surface area contributed by atoms with Gasteiger partial charge in [0.25, 0.3) is 0 Å². The Hall–Kier alpha value is -4.07. The van der Waals surface area contributed by atoms with Gasteiger partial charge < -0.3 is 20.3 Å². The van der Waals surface area contributed by atoms with Gasteiger partial charge in [0.2, 0.25) is 6.86 Å². The Bertz CT molecular complexity index is 1140. The van der Waals surface area contributed by atoms with E-state index >= 15 is 0 Å². The predicted molar refractivity (Wildman–Crippen MR) is 111 cm³/mol. The fourth-order valence-electron chi connectivity index (χ4n) is 3.10. The number of nitrogens with one attached hydrogen (secondary N) is 2. The van der Waals surface area contributed by atoms with Crippen LogP contribution in [0.1, 0.15) is 5.56 Å². The van der Waals surface area contributed by atoms with Gasteiger partial charge in [0, 0.05) is 29.4 Å². The van der Waals surface area contributed by atoms with Crippen molar-refractivity contribution in [3.8, 4) is 40.0 Å². The minimum atomic E-state index is -0.904. The summed E-state index contributed by atoms with van der Waals surface area (Å²) < 4.78 is 17.3. The number of aromatic amines is 1. The van der Waals surface area contributed by atoms with E-state index in [1.165, 1.54) is 6.07 Å². The molecule has 0 atom stereocenters. The van der Waals surface area contributed by atoms with E-state index in [4.69, 9.17) is 4.74 Å². The first-order valence-corrected chi connectivity index (χ1v) is 9.19. The summed E-state index contributed by atoms with van der Waals surface area (Å²) in [6.45, 7) is -0.513. The number of hydrogen-bond acceptors (Lipinski definition) is 6. The van der Waals surface area contributed by atoms with Crippen molar-refractivity contribution >= 4 is 5.69 Å². The van der Waals surface area contributed by atoms with Gasteiger partial charge in [0.1, 0.15) is 17.2 Å². The largest absolute Gasteiger partial charge is 0.508 e. The van der Waals surface area contributed by atoms with E-state index in [9.17, 15) is 14.6 Å². The average Bonchev–Trinajstić information content (AvgIpc) is 3.22. The van der Waals surface area contributed by atoms with Crippen LogP contribution in [-0.4, -0.2) is 32.3 Å². The number of anilines is 1. The SMILES string of the molecule is Oc1cc(O)cc(CNc2ccccc2-c2nc(-c3cccc(OCF)c3)n[nH]2)c1.